The highest BCUT2D eigenvalue weighted by Gasteiger charge is 2.31. The van der Waals surface area contributed by atoms with E-state index in [2.05, 4.69) is 10.6 Å². The number of anilines is 1. The predicted octanol–water partition coefficient (Wildman–Crippen LogP) is 2.54. The zero-order valence-corrected chi connectivity index (χ0v) is 15.6. The maximum atomic E-state index is 12.7. The molecule has 1 aromatic rings. The Hall–Kier alpha value is -2.13. The predicted molar refractivity (Wildman–Crippen MR) is 99.0 cm³/mol. The number of benzene rings is 1. The van der Waals surface area contributed by atoms with Gasteiger partial charge in [-0.05, 0) is 31.4 Å². The number of hydrogen-bond acceptors (Lipinski definition) is 4. The number of nitrogens with zero attached hydrogens (tertiary/aromatic N) is 1. The lowest BCUT2D eigenvalue weighted by atomic mass is 10.1. The molecule has 1 fully saturated rings. The van der Waals surface area contributed by atoms with Crippen LogP contribution in [0.4, 0.5) is 18.9 Å². The van der Waals surface area contributed by atoms with Crippen molar-refractivity contribution in [3.63, 3.8) is 0 Å². The maximum Gasteiger partial charge on any atom is 0.401 e. The number of nitrogens with one attached hydrogen (secondary N) is 2. The molecule has 3 N–H and O–H groups in total. The fraction of sp³-hybridized carbons (Fsp3) is 0.579. The third-order valence-corrected chi connectivity index (χ3v) is 4.54. The Bertz CT molecular complexity index is 661. The van der Waals surface area contributed by atoms with Gasteiger partial charge in [-0.1, -0.05) is 25.0 Å². The van der Waals surface area contributed by atoms with Crippen molar-refractivity contribution in [2.45, 2.75) is 44.3 Å². The third kappa shape index (κ3) is 7.47. The first kappa shape index (κ1) is 22.2. The van der Waals surface area contributed by atoms with E-state index in [0.717, 1.165) is 30.6 Å². The Labute approximate surface area is 162 Å². The van der Waals surface area contributed by atoms with Crippen LogP contribution in [-0.2, 0) is 4.79 Å². The number of carbonyl (C=O) groups is 2. The van der Waals surface area contributed by atoms with Crippen LogP contribution in [-0.4, -0.2) is 60.3 Å². The number of amides is 2. The van der Waals surface area contributed by atoms with Gasteiger partial charge in [-0.25, -0.2) is 0 Å². The lowest BCUT2D eigenvalue weighted by Gasteiger charge is -2.23. The molecule has 0 unspecified atom stereocenters. The second-order valence-electron chi connectivity index (χ2n) is 6.95. The van der Waals surface area contributed by atoms with Crippen molar-refractivity contribution in [2.24, 2.45) is 0 Å². The average molecular weight is 401 g/mol. The normalized spacial score (nSPS) is 15.0. The zero-order chi connectivity index (χ0) is 20.6. The Balaban J connectivity index is 2.00. The van der Waals surface area contributed by atoms with Crippen molar-refractivity contribution in [2.75, 3.05) is 31.6 Å². The molecular formula is C19H26F3N3O3. The van der Waals surface area contributed by atoms with Crippen molar-refractivity contribution >= 4 is 17.5 Å². The van der Waals surface area contributed by atoms with Crippen molar-refractivity contribution in [3.8, 4) is 0 Å². The molecule has 0 spiro atoms. The molecule has 1 aliphatic rings. The maximum absolute atomic E-state index is 12.7. The molecule has 28 heavy (non-hydrogen) atoms. The molecule has 0 bridgehead atoms. The van der Waals surface area contributed by atoms with E-state index in [-0.39, 0.29) is 42.8 Å². The molecule has 0 radical (unpaired) electrons. The summed E-state index contributed by atoms with van der Waals surface area (Å²) in [7, 11) is 0. The Kier molecular flexibility index (Phi) is 8.25. The van der Waals surface area contributed by atoms with E-state index in [1.807, 2.05) is 0 Å². The summed E-state index contributed by atoms with van der Waals surface area (Å²) >= 11 is 0. The largest absolute Gasteiger partial charge is 0.401 e. The number of aliphatic hydroxyl groups excluding tert-OH is 1. The molecule has 1 aromatic carbocycles. The number of aliphatic hydroxyl groups is 1. The highest BCUT2D eigenvalue weighted by Crippen LogP contribution is 2.21. The molecule has 0 aromatic heterocycles. The molecule has 0 saturated heterocycles. The fourth-order valence-corrected chi connectivity index (χ4v) is 3.28. The van der Waals surface area contributed by atoms with Gasteiger partial charge < -0.3 is 15.7 Å². The monoisotopic (exact) mass is 401 g/mol. The Morgan fingerprint density at radius 2 is 1.86 bits per heavy atom. The standard InChI is InChI=1S/C19H26F3N3O3/c20-19(21,22)13-25(10-5-11-26)12-17(27)24-16-9-4-3-8-15(16)18(28)23-14-6-1-2-7-14/h3-4,8-9,14,26H,1-2,5-7,10-13H2,(H,23,28)(H,24,27). The van der Waals surface area contributed by atoms with Crippen LogP contribution in [0, 0.1) is 0 Å². The average Bonchev–Trinajstić information content (AvgIpc) is 3.11. The minimum atomic E-state index is -4.45. The molecule has 0 heterocycles. The first-order chi connectivity index (χ1) is 13.3. The van der Waals surface area contributed by atoms with Gasteiger partial charge in [-0.15, -0.1) is 0 Å². The quantitative estimate of drug-likeness (QED) is 0.594. The van der Waals surface area contributed by atoms with Gasteiger partial charge in [0.1, 0.15) is 0 Å². The minimum Gasteiger partial charge on any atom is -0.396 e. The molecule has 1 saturated carbocycles. The lowest BCUT2D eigenvalue weighted by Crippen LogP contribution is -2.40. The van der Waals surface area contributed by atoms with Crippen LogP contribution in [0.15, 0.2) is 24.3 Å². The van der Waals surface area contributed by atoms with Crippen LogP contribution < -0.4 is 10.6 Å². The molecule has 2 rings (SSSR count). The van der Waals surface area contributed by atoms with E-state index in [1.54, 1.807) is 24.3 Å². The van der Waals surface area contributed by atoms with Crippen molar-refractivity contribution < 1.29 is 27.9 Å². The third-order valence-electron chi connectivity index (χ3n) is 4.54. The summed E-state index contributed by atoms with van der Waals surface area (Å²) in [6.07, 6.45) is -0.369. The molecule has 6 nitrogen and oxygen atoms in total. The number of hydrogen-bond donors (Lipinski definition) is 3. The minimum absolute atomic E-state index is 0.0623. The fourth-order valence-electron chi connectivity index (χ4n) is 3.28. The molecule has 156 valence electrons. The number of carbonyl (C=O) groups excluding carboxylic acids is 2. The SMILES string of the molecule is O=C(CN(CCCO)CC(F)(F)F)Nc1ccccc1C(=O)NC1CCCC1. The van der Waals surface area contributed by atoms with Gasteiger partial charge in [0.25, 0.3) is 5.91 Å². The summed E-state index contributed by atoms with van der Waals surface area (Å²) < 4.78 is 38.1. The molecule has 2 amide bonds. The summed E-state index contributed by atoms with van der Waals surface area (Å²) in [4.78, 5) is 25.7. The molecule has 1 aliphatic carbocycles. The van der Waals surface area contributed by atoms with Gasteiger partial charge in [-0.3, -0.25) is 14.5 Å². The van der Waals surface area contributed by atoms with Crippen molar-refractivity contribution in [1.29, 1.82) is 0 Å². The van der Waals surface area contributed by atoms with Crippen LogP contribution in [0.5, 0.6) is 0 Å². The number of para-hydroxylation sites is 1. The van der Waals surface area contributed by atoms with Crippen LogP contribution in [0.3, 0.4) is 0 Å². The molecular weight excluding hydrogens is 375 g/mol. The van der Waals surface area contributed by atoms with Crippen LogP contribution in [0.25, 0.3) is 0 Å². The summed E-state index contributed by atoms with van der Waals surface area (Å²) in [5, 5.41) is 14.3. The topological polar surface area (TPSA) is 81.7 Å². The highest BCUT2D eigenvalue weighted by atomic mass is 19.4. The van der Waals surface area contributed by atoms with E-state index >= 15 is 0 Å². The van der Waals surface area contributed by atoms with Gasteiger partial charge in [0.2, 0.25) is 5.91 Å². The smallest absolute Gasteiger partial charge is 0.396 e. The van der Waals surface area contributed by atoms with Crippen LogP contribution in [0.2, 0.25) is 0 Å². The zero-order valence-electron chi connectivity index (χ0n) is 15.6. The highest BCUT2D eigenvalue weighted by molar-refractivity contribution is 6.04. The number of rotatable bonds is 9. The second-order valence-corrected chi connectivity index (χ2v) is 6.95. The van der Waals surface area contributed by atoms with Gasteiger partial charge in [-0.2, -0.15) is 13.2 Å². The second kappa shape index (κ2) is 10.4. The Morgan fingerprint density at radius 1 is 1.18 bits per heavy atom. The van der Waals surface area contributed by atoms with Crippen molar-refractivity contribution in [3.05, 3.63) is 29.8 Å². The summed E-state index contributed by atoms with van der Waals surface area (Å²) in [5.41, 5.74) is 0.539. The molecule has 9 heteroatoms. The van der Waals surface area contributed by atoms with Gasteiger partial charge >= 0.3 is 6.18 Å². The first-order valence-corrected chi connectivity index (χ1v) is 9.38. The lowest BCUT2D eigenvalue weighted by molar-refractivity contribution is -0.148. The van der Waals surface area contributed by atoms with Crippen LogP contribution >= 0.6 is 0 Å². The molecule has 0 atom stereocenters. The van der Waals surface area contributed by atoms with E-state index in [0.29, 0.717) is 0 Å². The van der Waals surface area contributed by atoms with Gasteiger partial charge in [0.05, 0.1) is 24.3 Å². The van der Waals surface area contributed by atoms with Crippen LogP contribution in [0.1, 0.15) is 42.5 Å². The van der Waals surface area contributed by atoms with Gasteiger partial charge in [0.15, 0.2) is 0 Å². The van der Waals surface area contributed by atoms with Gasteiger partial charge in [0, 0.05) is 19.2 Å². The van der Waals surface area contributed by atoms with E-state index in [9.17, 15) is 22.8 Å². The first-order valence-electron chi connectivity index (χ1n) is 9.38. The van der Waals surface area contributed by atoms with E-state index in [4.69, 9.17) is 5.11 Å². The Morgan fingerprint density at radius 3 is 2.50 bits per heavy atom. The van der Waals surface area contributed by atoms with E-state index < -0.39 is 25.2 Å². The number of halogens is 3. The van der Waals surface area contributed by atoms with E-state index in [1.165, 1.54) is 0 Å². The summed E-state index contributed by atoms with van der Waals surface area (Å²) in [6.45, 7) is -2.06. The number of alkyl halides is 3. The van der Waals surface area contributed by atoms with Crippen molar-refractivity contribution in [1.82, 2.24) is 10.2 Å². The summed E-state index contributed by atoms with van der Waals surface area (Å²) in [6, 6.07) is 6.53. The molecule has 0 aliphatic heterocycles. The summed E-state index contributed by atoms with van der Waals surface area (Å²) in [5.74, 6) is -0.960.